The molecule has 1 aliphatic heterocycles. The molecule has 1 amide bonds. The monoisotopic (exact) mass is 690 g/mol. The number of methoxy groups -OCH3 is 2. The molecule has 0 atom stereocenters. The summed E-state index contributed by atoms with van der Waals surface area (Å²) in [6, 6.07) is 11.9. The molecule has 0 aliphatic carbocycles. The molecule has 0 radical (unpaired) electrons. The first kappa shape index (κ1) is 33.8. The molecule has 4 rings (SSSR count). The zero-order valence-electron chi connectivity index (χ0n) is 23.2. The van der Waals surface area contributed by atoms with Gasteiger partial charge in [-0.3, -0.25) is 14.6 Å². The quantitative estimate of drug-likeness (QED) is 0.249. The second kappa shape index (κ2) is 16.2. The number of rotatable bonds is 14. The standard InChI is InChI=1S/C27H35BrN4O6S2.ClH/c1-36-16-14-31(15-17-37-2)40(34,35)23-7-4-21(5-8-23)26(33)32(11-3-10-30-12-18-38-19-13-30)27-29-24-9-6-22(28)20-25(24)39-27;/h4-9,20H,3,10-19H2,1-2H3;1H. The van der Waals surface area contributed by atoms with E-state index in [9.17, 15) is 13.2 Å². The fourth-order valence-electron chi connectivity index (χ4n) is 4.38. The zero-order chi connectivity index (χ0) is 28.5. The minimum atomic E-state index is -3.79. The number of amides is 1. The summed E-state index contributed by atoms with van der Waals surface area (Å²) in [5, 5.41) is 0.613. The molecular formula is C27H36BrClN4O6S2. The van der Waals surface area contributed by atoms with E-state index in [4.69, 9.17) is 19.2 Å². The Morgan fingerprint density at radius 3 is 2.34 bits per heavy atom. The summed E-state index contributed by atoms with van der Waals surface area (Å²) >= 11 is 4.97. The Bertz CT molecular complexity index is 1360. The van der Waals surface area contributed by atoms with E-state index in [1.54, 1.807) is 17.0 Å². The smallest absolute Gasteiger partial charge is 0.260 e. The first-order valence-corrected chi connectivity index (χ1v) is 16.1. The van der Waals surface area contributed by atoms with E-state index in [1.807, 2.05) is 18.2 Å². The maximum Gasteiger partial charge on any atom is 0.260 e. The van der Waals surface area contributed by atoms with E-state index >= 15 is 0 Å². The van der Waals surface area contributed by atoms with Crippen molar-refractivity contribution in [1.82, 2.24) is 14.2 Å². The van der Waals surface area contributed by atoms with Gasteiger partial charge in [0.25, 0.3) is 5.91 Å². The molecule has 0 unspecified atom stereocenters. The molecule has 1 aromatic heterocycles. The van der Waals surface area contributed by atoms with Gasteiger partial charge in [-0.15, -0.1) is 12.4 Å². The van der Waals surface area contributed by atoms with Crippen LogP contribution in [0, 0.1) is 0 Å². The number of hydrogen-bond acceptors (Lipinski definition) is 9. The van der Waals surface area contributed by atoms with Crippen LogP contribution in [0.4, 0.5) is 5.13 Å². The van der Waals surface area contributed by atoms with E-state index in [0.29, 0.717) is 17.2 Å². The zero-order valence-corrected chi connectivity index (χ0v) is 27.2. The molecule has 1 fully saturated rings. The number of aromatic nitrogens is 1. The molecule has 14 heteroatoms. The van der Waals surface area contributed by atoms with Crippen LogP contribution in [0.25, 0.3) is 10.2 Å². The Hall–Kier alpha value is -1.68. The Morgan fingerprint density at radius 2 is 1.71 bits per heavy atom. The van der Waals surface area contributed by atoms with Gasteiger partial charge in [-0.05, 0) is 48.9 Å². The van der Waals surface area contributed by atoms with Crippen LogP contribution in [0.2, 0.25) is 0 Å². The van der Waals surface area contributed by atoms with Gasteiger partial charge in [0.15, 0.2) is 5.13 Å². The summed E-state index contributed by atoms with van der Waals surface area (Å²) in [4.78, 5) is 22.7. The van der Waals surface area contributed by atoms with Crippen molar-refractivity contribution in [2.45, 2.75) is 11.3 Å². The summed E-state index contributed by atoms with van der Waals surface area (Å²) in [5.74, 6) is -0.223. The lowest BCUT2D eigenvalue weighted by Gasteiger charge is -2.27. The highest BCUT2D eigenvalue weighted by Gasteiger charge is 2.26. The average molecular weight is 692 g/mol. The number of halogens is 2. The molecule has 41 heavy (non-hydrogen) atoms. The maximum atomic E-state index is 13.8. The molecule has 2 heterocycles. The Labute approximate surface area is 260 Å². The van der Waals surface area contributed by atoms with Crippen molar-refractivity contribution in [1.29, 1.82) is 0 Å². The fourth-order valence-corrected chi connectivity index (χ4v) is 7.33. The van der Waals surface area contributed by atoms with Crippen LogP contribution in [0.5, 0.6) is 0 Å². The highest BCUT2D eigenvalue weighted by Crippen LogP contribution is 2.32. The van der Waals surface area contributed by atoms with Crippen molar-refractivity contribution >= 4 is 71.0 Å². The van der Waals surface area contributed by atoms with Gasteiger partial charge in [0.1, 0.15) is 0 Å². The lowest BCUT2D eigenvalue weighted by Crippen LogP contribution is -2.39. The highest BCUT2D eigenvalue weighted by atomic mass is 79.9. The lowest BCUT2D eigenvalue weighted by atomic mass is 10.2. The van der Waals surface area contributed by atoms with Crippen LogP contribution in [0.15, 0.2) is 51.8 Å². The van der Waals surface area contributed by atoms with Crippen molar-refractivity contribution in [2.75, 3.05) is 84.8 Å². The van der Waals surface area contributed by atoms with Gasteiger partial charge in [0.05, 0.1) is 41.5 Å². The molecular weight excluding hydrogens is 656 g/mol. The van der Waals surface area contributed by atoms with Crippen LogP contribution < -0.4 is 4.90 Å². The van der Waals surface area contributed by atoms with Crippen molar-refractivity contribution in [3.05, 3.63) is 52.5 Å². The van der Waals surface area contributed by atoms with Crippen LogP contribution in [0.3, 0.4) is 0 Å². The summed E-state index contributed by atoms with van der Waals surface area (Å²) in [6.45, 7) is 5.46. The molecule has 10 nitrogen and oxygen atoms in total. The van der Waals surface area contributed by atoms with Crippen LogP contribution in [-0.4, -0.2) is 108 Å². The van der Waals surface area contributed by atoms with Gasteiger partial charge < -0.3 is 14.2 Å². The largest absolute Gasteiger partial charge is 0.383 e. The maximum absolute atomic E-state index is 13.8. The molecule has 0 N–H and O–H groups in total. The van der Waals surface area contributed by atoms with E-state index < -0.39 is 10.0 Å². The first-order chi connectivity index (χ1) is 19.3. The topological polar surface area (TPSA) is 102 Å². The lowest BCUT2D eigenvalue weighted by molar-refractivity contribution is 0.0376. The highest BCUT2D eigenvalue weighted by molar-refractivity contribution is 9.10. The minimum Gasteiger partial charge on any atom is -0.383 e. The molecule has 0 bridgehead atoms. The van der Waals surface area contributed by atoms with Gasteiger partial charge in [-0.1, -0.05) is 27.3 Å². The number of thiazole rings is 1. The number of anilines is 1. The third-order valence-electron chi connectivity index (χ3n) is 6.60. The SMILES string of the molecule is COCCN(CCOC)S(=O)(=O)c1ccc(C(=O)N(CCCN2CCOCC2)c2nc3ccc(Br)cc3s2)cc1.Cl. The van der Waals surface area contributed by atoms with Crippen molar-refractivity contribution < 1.29 is 27.4 Å². The number of ether oxygens (including phenoxy) is 3. The molecule has 226 valence electrons. The summed E-state index contributed by atoms with van der Waals surface area (Å²) in [5.41, 5.74) is 1.22. The van der Waals surface area contributed by atoms with E-state index in [0.717, 1.165) is 54.0 Å². The van der Waals surface area contributed by atoms with Gasteiger partial charge in [-0.25, -0.2) is 13.4 Å². The van der Waals surface area contributed by atoms with Gasteiger partial charge in [0, 0.05) is 63.5 Å². The van der Waals surface area contributed by atoms with Crippen molar-refractivity contribution in [2.24, 2.45) is 0 Å². The number of carbonyl (C=O) groups is 1. The number of nitrogens with zero attached hydrogens (tertiary/aromatic N) is 4. The average Bonchev–Trinajstić information content (AvgIpc) is 3.38. The van der Waals surface area contributed by atoms with E-state index in [1.165, 1.54) is 42.0 Å². The Kier molecular flexibility index (Phi) is 13.4. The van der Waals surface area contributed by atoms with Crippen molar-refractivity contribution in [3.63, 3.8) is 0 Å². The second-order valence-corrected chi connectivity index (χ2v) is 13.1. The fraction of sp³-hybridized carbons (Fsp3) is 0.481. The molecule has 3 aromatic rings. The number of hydrogen-bond donors (Lipinski definition) is 0. The Morgan fingerprint density at radius 1 is 1.05 bits per heavy atom. The summed E-state index contributed by atoms with van der Waals surface area (Å²) in [7, 11) is -0.738. The third kappa shape index (κ3) is 8.91. The Balaban J connectivity index is 0.00000462. The van der Waals surface area contributed by atoms with Gasteiger partial charge in [-0.2, -0.15) is 4.31 Å². The number of benzene rings is 2. The minimum absolute atomic E-state index is 0. The number of carbonyl (C=O) groups excluding carboxylic acids is 1. The van der Waals surface area contributed by atoms with E-state index in [2.05, 4.69) is 20.8 Å². The van der Waals surface area contributed by atoms with Crippen LogP contribution >= 0.6 is 39.7 Å². The normalized spacial score (nSPS) is 14.3. The summed E-state index contributed by atoms with van der Waals surface area (Å²) in [6.07, 6.45) is 0.770. The van der Waals surface area contributed by atoms with E-state index in [-0.39, 0.29) is 49.5 Å². The van der Waals surface area contributed by atoms with Gasteiger partial charge in [0.2, 0.25) is 10.0 Å². The van der Waals surface area contributed by atoms with Crippen molar-refractivity contribution in [3.8, 4) is 0 Å². The number of morpholine rings is 1. The second-order valence-electron chi connectivity index (χ2n) is 9.29. The van der Waals surface area contributed by atoms with Crippen LogP contribution in [0.1, 0.15) is 16.8 Å². The number of fused-ring (bicyclic) bond motifs is 1. The number of sulfonamides is 1. The molecule has 1 aliphatic rings. The molecule has 0 saturated carbocycles. The molecule has 0 spiro atoms. The van der Waals surface area contributed by atoms with Gasteiger partial charge >= 0.3 is 0 Å². The summed E-state index contributed by atoms with van der Waals surface area (Å²) < 4.78 is 45.5. The molecule has 1 saturated heterocycles. The predicted molar refractivity (Wildman–Crippen MR) is 167 cm³/mol. The van der Waals surface area contributed by atoms with Crippen LogP contribution in [-0.2, 0) is 24.2 Å². The molecule has 2 aromatic carbocycles. The predicted octanol–water partition coefficient (Wildman–Crippen LogP) is 4.13. The first-order valence-electron chi connectivity index (χ1n) is 13.1. The third-order valence-corrected chi connectivity index (χ3v) is 10.1.